The summed E-state index contributed by atoms with van der Waals surface area (Å²) < 4.78 is 0. The van der Waals surface area contributed by atoms with E-state index >= 15 is 0 Å². The van der Waals surface area contributed by atoms with E-state index in [2.05, 4.69) is 233 Å². The first-order valence-electron chi connectivity index (χ1n) is 22.1. The zero-order valence-corrected chi connectivity index (χ0v) is 35.5. The van der Waals surface area contributed by atoms with Crippen LogP contribution in [-0.4, -0.2) is 0 Å². The van der Waals surface area contributed by atoms with E-state index in [1.807, 2.05) is 0 Å². The van der Waals surface area contributed by atoms with Crippen molar-refractivity contribution in [1.82, 2.24) is 0 Å². The normalized spacial score (nSPS) is 15.5. The average Bonchev–Trinajstić information content (AvgIpc) is 3.80. The number of anilines is 3. The van der Waals surface area contributed by atoms with E-state index in [0.717, 1.165) is 0 Å². The molecule has 0 fully saturated rings. The number of nitrogens with zero attached hydrogens (tertiary/aromatic N) is 1. The van der Waals surface area contributed by atoms with Crippen molar-refractivity contribution < 1.29 is 0 Å². The summed E-state index contributed by atoms with van der Waals surface area (Å²) in [5, 5.41) is 0. The lowest BCUT2D eigenvalue weighted by atomic mass is 9.66. The Morgan fingerprint density at radius 1 is 0.274 bits per heavy atom. The Labute approximate surface area is 364 Å². The molecule has 9 aromatic rings. The van der Waals surface area contributed by atoms with Gasteiger partial charge in [0.25, 0.3) is 0 Å². The van der Waals surface area contributed by atoms with E-state index in [1.54, 1.807) is 0 Å². The predicted octanol–water partition coefficient (Wildman–Crippen LogP) is 15.8. The van der Waals surface area contributed by atoms with E-state index in [-0.39, 0.29) is 10.8 Å². The van der Waals surface area contributed by atoms with Crippen molar-refractivity contribution >= 4 is 17.1 Å². The smallest absolute Gasteiger partial charge is 0.0726 e. The van der Waals surface area contributed by atoms with Crippen molar-refractivity contribution in [1.29, 1.82) is 0 Å². The molecule has 0 N–H and O–H groups in total. The molecule has 4 aliphatic rings. The Kier molecular flexibility index (Phi) is 7.12. The summed E-state index contributed by atoms with van der Waals surface area (Å²) in [7, 11) is 0. The summed E-state index contributed by atoms with van der Waals surface area (Å²) in [6.45, 7) is 9.56. The van der Waals surface area contributed by atoms with Gasteiger partial charge in [0.15, 0.2) is 0 Å². The molecule has 0 saturated carbocycles. The number of fused-ring (bicyclic) bond motifs is 18. The standard InChI is InChI=1S/C61H45N/c1-59(2)49-25-12-7-22-44(49)46-34-32-38(36-55(46)59)62(39-33-35-47-45-23-8-13-26-50(45)60(3,4)56(47)37-39)57-31-17-30-54-58(57)48-24-11-16-29-53(48)61(54)51-27-14-9-20-42(51)40-18-5-6-19-41(40)43-21-10-15-28-52(43)61/h5-37H,1-4H3. The minimum absolute atomic E-state index is 0.146. The summed E-state index contributed by atoms with van der Waals surface area (Å²) in [5.41, 5.74) is 26.5. The van der Waals surface area contributed by atoms with E-state index in [4.69, 9.17) is 0 Å². The largest absolute Gasteiger partial charge is 0.310 e. The highest BCUT2D eigenvalue weighted by Crippen LogP contribution is 2.64. The second-order valence-electron chi connectivity index (χ2n) is 18.8. The SMILES string of the molecule is CC1(C)c2ccccc2-c2ccc(N(c3ccc4c(c3)C(C)(C)c3ccccc3-4)c3cccc4c3-c3ccccc3C43c4ccccc4-c4ccccc4-c4ccccc43)cc21. The summed E-state index contributed by atoms with van der Waals surface area (Å²) >= 11 is 0. The fraction of sp³-hybridized carbons (Fsp3) is 0.115. The van der Waals surface area contributed by atoms with Crippen LogP contribution < -0.4 is 4.90 Å². The van der Waals surface area contributed by atoms with Gasteiger partial charge in [-0.25, -0.2) is 0 Å². The molecule has 0 atom stereocenters. The van der Waals surface area contributed by atoms with Crippen molar-refractivity contribution in [3.8, 4) is 55.6 Å². The molecule has 1 heteroatoms. The quantitative estimate of drug-likeness (QED) is 0.172. The van der Waals surface area contributed by atoms with E-state index in [0.29, 0.717) is 0 Å². The lowest BCUT2D eigenvalue weighted by Gasteiger charge is -2.36. The third kappa shape index (κ3) is 4.43. The summed E-state index contributed by atoms with van der Waals surface area (Å²) in [5.74, 6) is 0. The molecule has 0 bridgehead atoms. The van der Waals surface area contributed by atoms with Crippen LogP contribution in [0, 0.1) is 0 Å². The predicted molar refractivity (Wildman–Crippen MR) is 258 cm³/mol. The molecule has 9 aromatic carbocycles. The summed E-state index contributed by atoms with van der Waals surface area (Å²) in [6.07, 6.45) is 0. The molecule has 0 unspecified atom stereocenters. The highest BCUT2D eigenvalue weighted by molar-refractivity contribution is 6.02. The second kappa shape index (κ2) is 12.4. The number of hydrogen-bond acceptors (Lipinski definition) is 1. The molecular formula is C61H45N. The monoisotopic (exact) mass is 791 g/mol. The minimum atomic E-state index is -0.567. The van der Waals surface area contributed by atoms with E-state index in [1.165, 1.54) is 117 Å². The summed E-state index contributed by atoms with van der Waals surface area (Å²) in [4.78, 5) is 2.58. The fourth-order valence-corrected chi connectivity index (χ4v) is 12.4. The number of rotatable bonds is 3. The third-order valence-electron chi connectivity index (χ3n) is 15.1. The topological polar surface area (TPSA) is 3.24 Å². The Morgan fingerprint density at radius 3 is 1.08 bits per heavy atom. The Hall–Kier alpha value is -7.22. The molecule has 0 radical (unpaired) electrons. The third-order valence-corrected chi connectivity index (χ3v) is 15.1. The molecule has 1 nitrogen and oxygen atoms in total. The summed E-state index contributed by atoms with van der Waals surface area (Å²) in [6, 6.07) is 76.2. The van der Waals surface area contributed by atoms with Gasteiger partial charge in [-0.2, -0.15) is 0 Å². The van der Waals surface area contributed by atoms with Gasteiger partial charge in [0.2, 0.25) is 0 Å². The highest BCUT2D eigenvalue weighted by Gasteiger charge is 2.51. The first kappa shape index (κ1) is 35.5. The van der Waals surface area contributed by atoms with Crippen molar-refractivity contribution in [3.63, 3.8) is 0 Å². The van der Waals surface area contributed by atoms with Gasteiger partial charge < -0.3 is 4.90 Å². The molecule has 1 spiro atoms. The van der Waals surface area contributed by atoms with Gasteiger partial charge in [0.1, 0.15) is 0 Å². The van der Waals surface area contributed by atoms with Crippen molar-refractivity contribution in [3.05, 3.63) is 245 Å². The molecule has 294 valence electrons. The molecule has 0 heterocycles. The Morgan fingerprint density at radius 2 is 0.613 bits per heavy atom. The van der Waals surface area contributed by atoms with Gasteiger partial charge in [-0.3, -0.25) is 0 Å². The van der Waals surface area contributed by atoms with Crippen LogP contribution >= 0.6 is 0 Å². The molecule has 13 rings (SSSR count). The fourth-order valence-electron chi connectivity index (χ4n) is 12.4. The van der Waals surface area contributed by atoms with Gasteiger partial charge in [-0.05, 0) is 125 Å². The molecular weight excluding hydrogens is 747 g/mol. The first-order valence-corrected chi connectivity index (χ1v) is 22.1. The van der Waals surface area contributed by atoms with Crippen molar-refractivity contribution in [2.45, 2.75) is 43.9 Å². The molecule has 0 amide bonds. The van der Waals surface area contributed by atoms with Crippen LogP contribution in [0.15, 0.2) is 200 Å². The maximum atomic E-state index is 2.58. The van der Waals surface area contributed by atoms with Crippen LogP contribution in [0.3, 0.4) is 0 Å². The van der Waals surface area contributed by atoms with Gasteiger partial charge >= 0.3 is 0 Å². The van der Waals surface area contributed by atoms with Crippen LogP contribution in [-0.2, 0) is 16.2 Å². The molecule has 62 heavy (non-hydrogen) atoms. The van der Waals surface area contributed by atoms with Gasteiger partial charge in [-0.15, -0.1) is 0 Å². The first-order chi connectivity index (χ1) is 30.3. The lowest BCUT2D eigenvalue weighted by molar-refractivity contribution is 0.660. The van der Waals surface area contributed by atoms with Crippen LogP contribution in [0.2, 0.25) is 0 Å². The molecule has 0 saturated heterocycles. The van der Waals surface area contributed by atoms with Crippen molar-refractivity contribution in [2.24, 2.45) is 0 Å². The van der Waals surface area contributed by atoms with Gasteiger partial charge in [-0.1, -0.05) is 198 Å². The molecule has 0 aromatic heterocycles. The average molecular weight is 792 g/mol. The maximum absolute atomic E-state index is 2.58. The maximum Gasteiger partial charge on any atom is 0.0726 e. The van der Waals surface area contributed by atoms with Crippen LogP contribution in [0.4, 0.5) is 17.1 Å². The van der Waals surface area contributed by atoms with Gasteiger partial charge in [0.05, 0.1) is 11.1 Å². The number of benzene rings is 9. The number of hydrogen-bond donors (Lipinski definition) is 0. The Bertz CT molecular complexity index is 3200. The minimum Gasteiger partial charge on any atom is -0.310 e. The molecule has 4 aliphatic carbocycles. The van der Waals surface area contributed by atoms with Gasteiger partial charge in [0, 0.05) is 27.8 Å². The Balaban J connectivity index is 1.12. The lowest BCUT2D eigenvalue weighted by Crippen LogP contribution is -2.29. The van der Waals surface area contributed by atoms with Crippen LogP contribution in [0.1, 0.15) is 72.2 Å². The van der Waals surface area contributed by atoms with E-state index < -0.39 is 5.41 Å². The highest BCUT2D eigenvalue weighted by atomic mass is 15.1. The van der Waals surface area contributed by atoms with Crippen molar-refractivity contribution in [2.75, 3.05) is 4.90 Å². The van der Waals surface area contributed by atoms with Crippen LogP contribution in [0.5, 0.6) is 0 Å². The second-order valence-corrected chi connectivity index (χ2v) is 18.8. The zero-order valence-electron chi connectivity index (χ0n) is 35.5. The zero-order chi connectivity index (χ0) is 41.5. The van der Waals surface area contributed by atoms with Crippen LogP contribution in [0.25, 0.3) is 55.6 Å². The molecule has 0 aliphatic heterocycles. The van der Waals surface area contributed by atoms with E-state index in [9.17, 15) is 0 Å².